The third-order valence-corrected chi connectivity index (χ3v) is 3.97. The summed E-state index contributed by atoms with van der Waals surface area (Å²) in [6.07, 6.45) is 6.89. The van der Waals surface area contributed by atoms with Crippen LogP contribution in [0.4, 0.5) is 0 Å². The van der Waals surface area contributed by atoms with Crippen molar-refractivity contribution in [3.05, 3.63) is 21.9 Å². The van der Waals surface area contributed by atoms with E-state index in [9.17, 15) is 0 Å². The molecule has 0 atom stereocenters. The van der Waals surface area contributed by atoms with Gasteiger partial charge in [-0.1, -0.05) is 31.1 Å². The second-order valence-electron chi connectivity index (χ2n) is 4.33. The first-order valence-electron chi connectivity index (χ1n) is 6.27. The molecule has 0 saturated heterocycles. The minimum Gasteiger partial charge on any atom is -0.373 e. The molecule has 1 aliphatic carbocycles. The molecule has 1 aromatic rings. The molecule has 0 bridgehead atoms. The highest BCUT2D eigenvalue weighted by Crippen LogP contribution is 2.23. The van der Waals surface area contributed by atoms with Crippen molar-refractivity contribution >= 4 is 11.3 Å². The van der Waals surface area contributed by atoms with E-state index in [1.807, 2.05) is 6.07 Å². The van der Waals surface area contributed by atoms with Crippen molar-refractivity contribution < 1.29 is 4.74 Å². The summed E-state index contributed by atoms with van der Waals surface area (Å²) in [5.74, 6) is 5.99. The van der Waals surface area contributed by atoms with E-state index >= 15 is 0 Å². The Morgan fingerprint density at radius 3 is 2.94 bits per heavy atom. The van der Waals surface area contributed by atoms with Crippen molar-refractivity contribution in [2.45, 2.75) is 44.8 Å². The van der Waals surface area contributed by atoms with Crippen LogP contribution in [-0.2, 0) is 11.3 Å². The van der Waals surface area contributed by atoms with Crippen molar-refractivity contribution in [2.75, 3.05) is 6.54 Å². The molecule has 0 unspecified atom stereocenters. The van der Waals surface area contributed by atoms with Gasteiger partial charge in [-0.05, 0) is 24.3 Å². The van der Waals surface area contributed by atoms with Crippen molar-refractivity contribution in [2.24, 2.45) is 5.73 Å². The summed E-state index contributed by atoms with van der Waals surface area (Å²) in [7, 11) is 0. The Hall–Kier alpha value is -0.820. The highest BCUT2D eigenvalue weighted by Gasteiger charge is 2.14. The lowest BCUT2D eigenvalue weighted by molar-refractivity contribution is 0.0181. The molecule has 1 aromatic heterocycles. The van der Waals surface area contributed by atoms with E-state index in [0.29, 0.717) is 19.3 Å². The normalized spacial score (nSPS) is 16.5. The van der Waals surface area contributed by atoms with Gasteiger partial charge in [0, 0.05) is 10.4 Å². The lowest BCUT2D eigenvalue weighted by atomic mass is 9.98. The molecular formula is C14H19NOS. The third-order valence-electron chi connectivity index (χ3n) is 3.07. The summed E-state index contributed by atoms with van der Waals surface area (Å²) in [5, 5.41) is 2.07. The lowest BCUT2D eigenvalue weighted by Crippen LogP contribution is -2.16. The number of hydrogen-bond acceptors (Lipinski definition) is 3. The summed E-state index contributed by atoms with van der Waals surface area (Å²) in [5.41, 5.74) is 6.46. The molecular weight excluding hydrogens is 230 g/mol. The molecule has 2 N–H and O–H groups in total. The van der Waals surface area contributed by atoms with E-state index in [0.717, 1.165) is 5.56 Å². The molecule has 92 valence electrons. The van der Waals surface area contributed by atoms with Crippen LogP contribution in [0.1, 0.15) is 42.5 Å². The molecule has 0 amide bonds. The Kier molecular flexibility index (Phi) is 5.06. The average Bonchev–Trinajstić information content (AvgIpc) is 2.82. The fraction of sp³-hybridized carbons (Fsp3) is 0.571. The van der Waals surface area contributed by atoms with Crippen molar-refractivity contribution in [1.29, 1.82) is 0 Å². The van der Waals surface area contributed by atoms with Crippen LogP contribution >= 0.6 is 11.3 Å². The van der Waals surface area contributed by atoms with Crippen molar-refractivity contribution in [1.82, 2.24) is 0 Å². The van der Waals surface area contributed by atoms with Gasteiger partial charge in [0.25, 0.3) is 0 Å². The fourth-order valence-electron chi connectivity index (χ4n) is 2.14. The monoisotopic (exact) mass is 249 g/mol. The molecule has 1 heterocycles. The van der Waals surface area contributed by atoms with Gasteiger partial charge < -0.3 is 10.5 Å². The van der Waals surface area contributed by atoms with Crippen LogP contribution in [-0.4, -0.2) is 12.6 Å². The lowest BCUT2D eigenvalue weighted by Gasteiger charge is -2.21. The largest absolute Gasteiger partial charge is 0.373 e. The minimum absolute atomic E-state index is 0.415. The van der Waals surface area contributed by atoms with Gasteiger partial charge in [0.15, 0.2) is 0 Å². The molecule has 1 saturated carbocycles. The smallest absolute Gasteiger partial charge is 0.0825 e. The van der Waals surface area contributed by atoms with E-state index in [1.54, 1.807) is 11.3 Å². The maximum absolute atomic E-state index is 5.96. The predicted octanol–water partition coefficient (Wildman–Crippen LogP) is 2.91. The second-order valence-corrected chi connectivity index (χ2v) is 5.34. The molecule has 2 nitrogen and oxygen atoms in total. The average molecular weight is 249 g/mol. The third kappa shape index (κ3) is 3.85. The molecule has 0 radical (unpaired) electrons. The zero-order valence-electron chi connectivity index (χ0n) is 10.1. The molecule has 3 heteroatoms. The molecule has 1 fully saturated rings. The topological polar surface area (TPSA) is 35.2 Å². The summed E-state index contributed by atoms with van der Waals surface area (Å²) in [4.78, 5) is 1.23. The van der Waals surface area contributed by atoms with Gasteiger partial charge >= 0.3 is 0 Å². The van der Waals surface area contributed by atoms with Crippen molar-refractivity contribution in [3.63, 3.8) is 0 Å². The zero-order valence-corrected chi connectivity index (χ0v) is 10.9. The van der Waals surface area contributed by atoms with Gasteiger partial charge in [-0.15, -0.1) is 11.3 Å². The maximum atomic E-state index is 5.96. The summed E-state index contributed by atoms with van der Waals surface area (Å²) >= 11 is 1.72. The number of rotatable bonds is 3. The Morgan fingerprint density at radius 2 is 2.18 bits per heavy atom. The SMILES string of the molecule is NCC#Cc1ccsc1COC1CCCCC1. The first kappa shape index (κ1) is 12.6. The fourth-order valence-corrected chi connectivity index (χ4v) is 2.89. The van der Waals surface area contributed by atoms with Crippen LogP contribution in [0.2, 0.25) is 0 Å². The van der Waals surface area contributed by atoms with E-state index < -0.39 is 0 Å². The van der Waals surface area contributed by atoms with Crippen molar-refractivity contribution in [3.8, 4) is 11.8 Å². The van der Waals surface area contributed by atoms with Crippen LogP contribution in [0.15, 0.2) is 11.4 Å². The molecule has 2 rings (SSSR count). The summed E-state index contributed by atoms with van der Waals surface area (Å²) in [6.45, 7) is 1.12. The molecule has 17 heavy (non-hydrogen) atoms. The number of nitrogens with two attached hydrogens (primary N) is 1. The molecule has 1 aliphatic rings. The predicted molar refractivity (Wildman–Crippen MR) is 71.9 cm³/mol. The highest BCUT2D eigenvalue weighted by molar-refractivity contribution is 7.10. The molecule has 0 aromatic carbocycles. The molecule has 0 aliphatic heterocycles. The number of ether oxygens (including phenoxy) is 1. The Morgan fingerprint density at radius 1 is 1.35 bits per heavy atom. The quantitative estimate of drug-likeness (QED) is 0.836. The Balaban J connectivity index is 1.87. The second kappa shape index (κ2) is 6.80. The van der Waals surface area contributed by atoms with Gasteiger partial charge in [0.1, 0.15) is 0 Å². The first-order valence-corrected chi connectivity index (χ1v) is 7.15. The number of thiophene rings is 1. The van der Waals surface area contributed by atoms with E-state index in [-0.39, 0.29) is 0 Å². The van der Waals surface area contributed by atoms with Gasteiger partial charge in [-0.25, -0.2) is 0 Å². The standard InChI is InChI=1S/C14H19NOS/c15-9-4-5-12-8-10-17-14(12)11-16-13-6-2-1-3-7-13/h8,10,13H,1-3,6-7,9,11,15H2. The maximum Gasteiger partial charge on any atom is 0.0825 e. The highest BCUT2D eigenvalue weighted by atomic mass is 32.1. The van der Waals surface area contributed by atoms with Crippen LogP contribution < -0.4 is 5.73 Å². The van der Waals surface area contributed by atoms with Gasteiger partial charge in [0.2, 0.25) is 0 Å². The van der Waals surface area contributed by atoms with E-state index in [1.165, 1.54) is 37.0 Å². The minimum atomic E-state index is 0.415. The van der Waals surface area contributed by atoms with E-state index in [4.69, 9.17) is 10.5 Å². The first-order chi connectivity index (χ1) is 8.40. The van der Waals surface area contributed by atoms with Crippen LogP contribution in [0.5, 0.6) is 0 Å². The summed E-state index contributed by atoms with van der Waals surface area (Å²) in [6, 6.07) is 2.05. The van der Waals surface area contributed by atoms with Gasteiger partial charge in [-0.2, -0.15) is 0 Å². The van der Waals surface area contributed by atoms with E-state index in [2.05, 4.69) is 17.2 Å². The Labute approximate surface area is 107 Å². The summed E-state index contributed by atoms with van der Waals surface area (Å²) < 4.78 is 5.96. The van der Waals surface area contributed by atoms with Crippen LogP contribution in [0.3, 0.4) is 0 Å². The van der Waals surface area contributed by atoms with Crippen LogP contribution in [0, 0.1) is 11.8 Å². The zero-order chi connectivity index (χ0) is 11.9. The van der Waals surface area contributed by atoms with Crippen LogP contribution in [0.25, 0.3) is 0 Å². The molecule has 0 spiro atoms. The number of hydrogen-bond donors (Lipinski definition) is 1. The van der Waals surface area contributed by atoms with Gasteiger partial charge in [-0.3, -0.25) is 0 Å². The Bertz CT molecular complexity index is 396. The van der Waals surface area contributed by atoms with Gasteiger partial charge in [0.05, 0.1) is 19.3 Å².